The van der Waals surface area contributed by atoms with Crippen LogP contribution in [0.25, 0.3) is 0 Å². The van der Waals surface area contributed by atoms with Crippen molar-refractivity contribution in [2.45, 2.75) is 18.6 Å². The molecule has 5 nitrogen and oxygen atoms in total. The number of aliphatic hydroxyl groups is 2. The van der Waals surface area contributed by atoms with Crippen molar-refractivity contribution in [1.29, 1.82) is 0 Å². The van der Waals surface area contributed by atoms with Gasteiger partial charge in [-0.3, -0.25) is 0 Å². The van der Waals surface area contributed by atoms with Crippen LogP contribution in [0.3, 0.4) is 0 Å². The molecule has 1 aliphatic rings. The van der Waals surface area contributed by atoms with Gasteiger partial charge in [0.2, 0.25) is 0 Å². The summed E-state index contributed by atoms with van der Waals surface area (Å²) in [5, 5.41) is 22.4. The van der Waals surface area contributed by atoms with Crippen LogP contribution in [0.15, 0.2) is 5.38 Å². The number of thiol groups is 1. The minimum Gasteiger partial charge on any atom is -0.390 e. The summed E-state index contributed by atoms with van der Waals surface area (Å²) >= 11 is 5.53. The van der Waals surface area contributed by atoms with E-state index in [9.17, 15) is 10.2 Å². The lowest BCUT2D eigenvalue weighted by atomic mass is 10.1. The van der Waals surface area contributed by atoms with Crippen molar-refractivity contribution in [3.63, 3.8) is 0 Å². The number of hydrogen-bond donors (Lipinski definition) is 3. The molecule has 1 fully saturated rings. The lowest BCUT2D eigenvalue weighted by Crippen LogP contribution is -2.36. The first-order chi connectivity index (χ1) is 8.72. The van der Waals surface area contributed by atoms with Crippen molar-refractivity contribution in [3.05, 3.63) is 11.1 Å². The number of thiazole rings is 1. The third-order valence-electron chi connectivity index (χ3n) is 2.88. The van der Waals surface area contributed by atoms with E-state index in [1.165, 1.54) is 11.3 Å². The number of nitrogens with zero attached hydrogens (tertiary/aromatic N) is 2. The number of aliphatic hydroxyl groups excluding tert-OH is 2. The van der Waals surface area contributed by atoms with E-state index in [2.05, 4.69) is 22.5 Å². The van der Waals surface area contributed by atoms with Gasteiger partial charge in [-0.05, 0) is 12.2 Å². The van der Waals surface area contributed by atoms with Crippen LogP contribution in [0.4, 0.5) is 5.13 Å². The van der Waals surface area contributed by atoms with Gasteiger partial charge in [0.05, 0.1) is 25.0 Å². The Balaban J connectivity index is 2.00. The van der Waals surface area contributed by atoms with Gasteiger partial charge in [0.1, 0.15) is 6.10 Å². The summed E-state index contributed by atoms with van der Waals surface area (Å²) in [5.74, 6) is 0.540. The Morgan fingerprint density at radius 3 is 2.83 bits per heavy atom. The molecule has 1 aromatic rings. The molecule has 7 heteroatoms. The molecule has 1 aromatic heterocycles. The first-order valence-electron chi connectivity index (χ1n) is 5.97. The van der Waals surface area contributed by atoms with Gasteiger partial charge in [-0.15, -0.1) is 11.3 Å². The molecule has 18 heavy (non-hydrogen) atoms. The lowest BCUT2D eigenvalue weighted by molar-refractivity contribution is 0.0150. The predicted octanol–water partition coefficient (Wildman–Crippen LogP) is 0.694. The molecule has 1 aliphatic heterocycles. The van der Waals surface area contributed by atoms with Crippen LogP contribution in [0.2, 0.25) is 0 Å². The Kier molecular flexibility index (Phi) is 5.25. The SMILES string of the molecule is OC(CCS)C(O)c1csc(N2CCOCC2)n1. The van der Waals surface area contributed by atoms with Gasteiger partial charge in [0.15, 0.2) is 5.13 Å². The number of anilines is 1. The number of aromatic nitrogens is 1. The normalized spacial score (nSPS) is 19.8. The van der Waals surface area contributed by atoms with Crippen LogP contribution in [-0.2, 0) is 4.74 Å². The second kappa shape index (κ2) is 6.72. The smallest absolute Gasteiger partial charge is 0.185 e. The molecule has 0 amide bonds. The van der Waals surface area contributed by atoms with E-state index in [4.69, 9.17) is 4.74 Å². The van der Waals surface area contributed by atoms with E-state index < -0.39 is 12.2 Å². The fraction of sp³-hybridized carbons (Fsp3) is 0.727. The van der Waals surface area contributed by atoms with E-state index in [0.29, 0.717) is 31.1 Å². The molecule has 2 heterocycles. The summed E-state index contributed by atoms with van der Waals surface area (Å²) < 4.78 is 5.28. The van der Waals surface area contributed by atoms with Crippen LogP contribution in [0, 0.1) is 0 Å². The fourth-order valence-corrected chi connectivity index (χ4v) is 2.97. The lowest BCUT2D eigenvalue weighted by Gasteiger charge is -2.26. The van der Waals surface area contributed by atoms with Gasteiger partial charge >= 0.3 is 0 Å². The molecule has 2 atom stereocenters. The fourth-order valence-electron chi connectivity index (χ4n) is 1.80. The highest BCUT2D eigenvalue weighted by Gasteiger charge is 2.22. The Labute approximate surface area is 116 Å². The largest absolute Gasteiger partial charge is 0.390 e. The summed E-state index contributed by atoms with van der Waals surface area (Å²) in [7, 11) is 0. The minimum absolute atomic E-state index is 0.453. The van der Waals surface area contributed by atoms with E-state index in [1.807, 2.05) is 0 Å². The van der Waals surface area contributed by atoms with E-state index in [1.54, 1.807) is 5.38 Å². The zero-order valence-electron chi connectivity index (χ0n) is 10.0. The second-order valence-corrected chi connectivity index (χ2v) is 5.46. The maximum atomic E-state index is 9.95. The third-order valence-corrected chi connectivity index (χ3v) is 4.06. The molecule has 0 aliphatic carbocycles. The molecule has 0 radical (unpaired) electrons. The number of ether oxygens (including phenoxy) is 1. The molecular formula is C11H18N2O3S2. The van der Waals surface area contributed by atoms with Gasteiger partial charge in [-0.2, -0.15) is 12.6 Å². The average Bonchev–Trinajstić information content (AvgIpc) is 2.89. The quantitative estimate of drug-likeness (QED) is 0.697. The predicted molar refractivity (Wildman–Crippen MR) is 74.6 cm³/mol. The maximum absolute atomic E-state index is 9.95. The summed E-state index contributed by atoms with van der Waals surface area (Å²) in [6.07, 6.45) is -1.28. The summed E-state index contributed by atoms with van der Waals surface area (Å²) in [6.45, 7) is 3.06. The molecule has 2 unspecified atom stereocenters. The average molecular weight is 290 g/mol. The van der Waals surface area contributed by atoms with Crippen LogP contribution in [0.5, 0.6) is 0 Å². The van der Waals surface area contributed by atoms with Crippen LogP contribution in [-0.4, -0.2) is 53.4 Å². The molecule has 2 N–H and O–H groups in total. The molecular weight excluding hydrogens is 272 g/mol. The van der Waals surface area contributed by atoms with Crippen LogP contribution < -0.4 is 4.90 Å². The summed E-state index contributed by atoms with van der Waals surface area (Å²) in [4.78, 5) is 6.53. The monoisotopic (exact) mass is 290 g/mol. The van der Waals surface area contributed by atoms with Crippen molar-refractivity contribution in [3.8, 4) is 0 Å². The van der Waals surface area contributed by atoms with Crippen molar-refractivity contribution < 1.29 is 14.9 Å². The second-order valence-electron chi connectivity index (χ2n) is 4.18. The highest BCUT2D eigenvalue weighted by molar-refractivity contribution is 7.80. The van der Waals surface area contributed by atoms with Gasteiger partial charge in [0.25, 0.3) is 0 Å². The molecule has 0 spiro atoms. The number of rotatable bonds is 5. The first kappa shape index (κ1) is 14.1. The topological polar surface area (TPSA) is 65.8 Å². The van der Waals surface area contributed by atoms with Crippen molar-refractivity contribution in [2.75, 3.05) is 37.0 Å². The van der Waals surface area contributed by atoms with E-state index in [0.717, 1.165) is 18.2 Å². The Morgan fingerprint density at radius 1 is 1.44 bits per heavy atom. The van der Waals surface area contributed by atoms with Gasteiger partial charge in [-0.25, -0.2) is 4.98 Å². The van der Waals surface area contributed by atoms with Crippen molar-refractivity contribution in [2.24, 2.45) is 0 Å². The van der Waals surface area contributed by atoms with Gasteiger partial charge in [0, 0.05) is 18.5 Å². The van der Waals surface area contributed by atoms with E-state index in [-0.39, 0.29) is 0 Å². The first-order valence-corrected chi connectivity index (χ1v) is 7.48. The standard InChI is InChI=1S/C11H18N2O3S2/c14-9(1-6-17)10(15)8-7-18-11(12-8)13-2-4-16-5-3-13/h7,9-10,14-15,17H,1-6H2. The molecule has 0 aromatic carbocycles. The Morgan fingerprint density at radius 2 is 2.17 bits per heavy atom. The maximum Gasteiger partial charge on any atom is 0.185 e. The zero-order chi connectivity index (χ0) is 13.0. The van der Waals surface area contributed by atoms with Crippen LogP contribution >= 0.6 is 24.0 Å². The summed E-state index contributed by atoms with van der Waals surface area (Å²) in [6, 6.07) is 0. The highest BCUT2D eigenvalue weighted by Crippen LogP contribution is 2.27. The molecule has 102 valence electrons. The van der Waals surface area contributed by atoms with E-state index >= 15 is 0 Å². The molecule has 0 saturated carbocycles. The minimum atomic E-state index is -0.928. The van der Waals surface area contributed by atoms with Crippen molar-refractivity contribution >= 4 is 29.1 Å². The highest BCUT2D eigenvalue weighted by atomic mass is 32.1. The molecule has 0 bridgehead atoms. The van der Waals surface area contributed by atoms with Gasteiger partial charge < -0.3 is 19.8 Å². The van der Waals surface area contributed by atoms with Crippen LogP contribution in [0.1, 0.15) is 18.2 Å². The van der Waals surface area contributed by atoms with Gasteiger partial charge in [-0.1, -0.05) is 0 Å². The third kappa shape index (κ3) is 3.36. The number of hydrogen-bond acceptors (Lipinski definition) is 7. The Hall–Kier alpha value is -0.340. The van der Waals surface area contributed by atoms with Crippen molar-refractivity contribution in [1.82, 2.24) is 4.98 Å². The summed E-state index contributed by atoms with van der Waals surface area (Å²) in [5.41, 5.74) is 0.538. The Bertz CT molecular complexity index is 369. The molecule has 1 saturated heterocycles. The zero-order valence-corrected chi connectivity index (χ0v) is 11.7. The molecule has 2 rings (SSSR count). The number of morpholine rings is 1.